The van der Waals surface area contributed by atoms with Gasteiger partial charge in [0.1, 0.15) is 0 Å². The summed E-state index contributed by atoms with van der Waals surface area (Å²) in [4.78, 5) is 30.1. The quantitative estimate of drug-likeness (QED) is 0.147. The molecule has 248 valence electrons. The minimum atomic E-state index is -2.00. The summed E-state index contributed by atoms with van der Waals surface area (Å²) >= 11 is 0. The molecule has 4 rings (SSSR count). The highest BCUT2D eigenvalue weighted by atomic mass is 28.4. The molecule has 3 unspecified atom stereocenters. The van der Waals surface area contributed by atoms with Crippen molar-refractivity contribution in [3.63, 3.8) is 0 Å². The van der Waals surface area contributed by atoms with Crippen molar-refractivity contribution in [2.75, 3.05) is 6.61 Å². The predicted octanol–water partition coefficient (Wildman–Crippen LogP) is 5.98. The number of benzene rings is 3. The standard InChI is InChI=1S/C38H52N2O5Si/c1-38(2,3)46(4,5)45-22-14-21-35(43)40(36-31-20-13-12-19-29(31)25-34(36)42)37(44)30(23-27-15-8-6-9-16-27)26-33(41)32(39)24-28-17-10-7-11-18-28/h6-13,15-20,30,32-34,36,41-42H,14,21-26,39H2,1-5H3/t30?,32?,33?,34-,36-/m0/s1. The van der Waals surface area contributed by atoms with Crippen molar-refractivity contribution in [3.05, 3.63) is 107 Å². The van der Waals surface area contributed by atoms with Crippen LogP contribution in [0.5, 0.6) is 0 Å². The fraction of sp³-hybridized carbons (Fsp3) is 0.474. The van der Waals surface area contributed by atoms with Gasteiger partial charge in [0.25, 0.3) is 0 Å². The van der Waals surface area contributed by atoms with E-state index in [2.05, 4.69) is 33.9 Å². The number of imide groups is 1. The van der Waals surface area contributed by atoms with Gasteiger partial charge in [0, 0.05) is 31.4 Å². The second-order valence-electron chi connectivity index (χ2n) is 14.3. The maximum Gasteiger partial charge on any atom is 0.233 e. The number of aliphatic hydroxyl groups excluding tert-OH is 2. The van der Waals surface area contributed by atoms with Crippen molar-refractivity contribution >= 4 is 20.1 Å². The van der Waals surface area contributed by atoms with Crippen LogP contribution in [-0.2, 0) is 33.3 Å². The Morgan fingerprint density at radius 2 is 1.50 bits per heavy atom. The number of carbonyl (C=O) groups is 2. The third-order valence-electron chi connectivity index (χ3n) is 9.76. The first kappa shape index (κ1) is 35.7. The summed E-state index contributed by atoms with van der Waals surface area (Å²) in [6.07, 6.45) is -0.0831. The lowest BCUT2D eigenvalue weighted by Crippen LogP contribution is -2.48. The Morgan fingerprint density at radius 1 is 0.935 bits per heavy atom. The average Bonchev–Trinajstić information content (AvgIpc) is 3.34. The molecule has 0 radical (unpaired) electrons. The number of aliphatic hydroxyl groups is 2. The van der Waals surface area contributed by atoms with E-state index in [1.807, 2.05) is 84.9 Å². The van der Waals surface area contributed by atoms with Crippen LogP contribution in [0.3, 0.4) is 0 Å². The van der Waals surface area contributed by atoms with E-state index < -0.39 is 44.4 Å². The van der Waals surface area contributed by atoms with Gasteiger partial charge in [-0.2, -0.15) is 0 Å². The molecule has 3 aromatic rings. The van der Waals surface area contributed by atoms with E-state index in [4.69, 9.17) is 10.2 Å². The second kappa shape index (κ2) is 15.6. The van der Waals surface area contributed by atoms with Gasteiger partial charge >= 0.3 is 0 Å². The molecule has 1 aliphatic carbocycles. The lowest BCUT2D eigenvalue weighted by Gasteiger charge is -2.36. The lowest BCUT2D eigenvalue weighted by molar-refractivity contribution is -0.154. The zero-order chi connectivity index (χ0) is 33.5. The van der Waals surface area contributed by atoms with Gasteiger partial charge < -0.3 is 20.4 Å². The number of hydrogen-bond donors (Lipinski definition) is 3. The molecule has 0 bridgehead atoms. The third kappa shape index (κ3) is 9.01. The molecule has 0 aliphatic heterocycles. The first-order valence-electron chi connectivity index (χ1n) is 16.6. The fourth-order valence-electron chi connectivity index (χ4n) is 6.02. The third-order valence-corrected chi connectivity index (χ3v) is 14.3. The molecule has 0 spiro atoms. The summed E-state index contributed by atoms with van der Waals surface area (Å²) in [5.41, 5.74) is 10.1. The SMILES string of the molecule is CC(C)(C)[Si](C)(C)OCCCC(=O)N(C(=O)C(Cc1ccccc1)CC(O)C(N)Cc1ccccc1)[C@H]1c2ccccc2C[C@@H]1O. The molecule has 2 amide bonds. The molecular weight excluding hydrogens is 593 g/mol. The first-order chi connectivity index (χ1) is 21.8. The normalized spacial score (nSPS) is 18.4. The number of carbonyl (C=O) groups excluding carboxylic acids is 2. The Labute approximate surface area is 275 Å². The molecule has 0 aromatic heterocycles. The van der Waals surface area contributed by atoms with E-state index in [9.17, 15) is 19.8 Å². The van der Waals surface area contributed by atoms with Crippen LogP contribution in [-0.4, -0.2) is 60.1 Å². The van der Waals surface area contributed by atoms with E-state index >= 15 is 0 Å². The maximum atomic E-state index is 14.7. The highest BCUT2D eigenvalue weighted by molar-refractivity contribution is 6.74. The largest absolute Gasteiger partial charge is 0.417 e. The number of nitrogens with zero attached hydrogens (tertiary/aromatic N) is 1. The summed E-state index contributed by atoms with van der Waals surface area (Å²) in [7, 11) is -2.00. The topological polar surface area (TPSA) is 113 Å². The van der Waals surface area contributed by atoms with Crippen molar-refractivity contribution in [2.24, 2.45) is 11.7 Å². The number of hydrogen-bond acceptors (Lipinski definition) is 6. The molecular formula is C38H52N2O5Si. The molecule has 4 N–H and O–H groups in total. The van der Waals surface area contributed by atoms with Gasteiger partial charge in [0.15, 0.2) is 8.32 Å². The smallest absolute Gasteiger partial charge is 0.233 e. The Bertz CT molecular complexity index is 1430. The van der Waals surface area contributed by atoms with Crippen molar-refractivity contribution in [1.29, 1.82) is 0 Å². The molecule has 8 heteroatoms. The van der Waals surface area contributed by atoms with E-state index in [1.54, 1.807) is 0 Å². The molecule has 7 nitrogen and oxygen atoms in total. The molecule has 3 aromatic carbocycles. The van der Waals surface area contributed by atoms with Crippen molar-refractivity contribution in [1.82, 2.24) is 4.90 Å². The molecule has 0 saturated heterocycles. The summed E-state index contributed by atoms with van der Waals surface area (Å²) in [6, 6.07) is 25.6. The highest BCUT2D eigenvalue weighted by Crippen LogP contribution is 2.39. The van der Waals surface area contributed by atoms with Crippen LogP contribution < -0.4 is 5.73 Å². The highest BCUT2D eigenvalue weighted by Gasteiger charge is 2.43. The van der Waals surface area contributed by atoms with Crippen LogP contribution in [0.2, 0.25) is 18.1 Å². The number of rotatable bonds is 14. The zero-order valence-corrected chi connectivity index (χ0v) is 29.1. The Kier molecular flexibility index (Phi) is 12.1. The van der Waals surface area contributed by atoms with Crippen molar-refractivity contribution in [3.8, 4) is 0 Å². The maximum absolute atomic E-state index is 14.7. The first-order valence-corrected chi connectivity index (χ1v) is 19.5. The zero-order valence-electron chi connectivity index (χ0n) is 28.1. The van der Waals surface area contributed by atoms with Gasteiger partial charge in [-0.1, -0.05) is 106 Å². The summed E-state index contributed by atoms with van der Waals surface area (Å²) in [6.45, 7) is 11.3. The van der Waals surface area contributed by atoms with Crippen LogP contribution in [0.15, 0.2) is 84.9 Å². The van der Waals surface area contributed by atoms with Crippen LogP contribution in [0.4, 0.5) is 0 Å². The van der Waals surface area contributed by atoms with Gasteiger partial charge in [-0.15, -0.1) is 0 Å². The number of nitrogens with two attached hydrogens (primary N) is 1. The van der Waals surface area contributed by atoms with Gasteiger partial charge in [-0.25, -0.2) is 0 Å². The Balaban J connectivity index is 1.61. The molecule has 46 heavy (non-hydrogen) atoms. The summed E-state index contributed by atoms with van der Waals surface area (Å²) < 4.78 is 6.33. The van der Waals surface area contributed by atoms with Crippen molar-refractivity contribution < 1.29 is 24.2 Å². The monoisotopic (exact) mass is 644 g/mol. The summed E-state index contributed by atoms with van der Waals surface area (Å²) in [5, 5.41) is 22.7. The fourth-order valence-corrected chi connectivity index (χ4v) is 7.11. The minimum absolute atomic E-state index is 0.0452. The van der Waals surface area contributed by atoms with Gasteiger partial charge in [0.2, 0.25) is 11.8 Å². The van der Waals surface area contributed by atoms with Crippen molar-refractivity contribution in [2.45, 2.75) is 102 Å². The van der Waals surface area contributed by atoms with E-state index in [0.717, 1.165) is 22.3 Å². The van der Waals surface area contributed by atoms with E-state index in [1.165, 1.54) is 4.90 Å². The van der Waals surface area contributed by atoms with Crippen LogP contribution in [0.1, 0.15) is 68.3 Å². The number of fused-ring (bicyclic) bond motifs is 1. The summed E-state index contributed by atoms with van der Waals surface area (Å²) in [5.74, 6) is -1.47. The van der Waals surface area contributed by atoms with Gasteiger partial charge in [-0.3, -0.25) is 14.5 Å². The van der Waals surface area contributed by atoms with Gasteiger partial charge in [-0.05, 0) is 66.1 Å². The Morgan fingerprint density at radius 3 is 2.11 bits per heavy atom. The van der Waals surface area contributed by atoms with E-state index in [0.29, 0.717) is 32.3 Å². The molecule has 0 heterocycles. The number of amides is 2. The van der Waals surface area contributed by atoms with Crippen LogP contribution in [0, 0.1) is 5.92 Å². The van der Waals surface area contributed by atoms with Crippen LogP contribution in [0.25, 0.3) is 0 Å². The molecule has 0 saturated carbocycles. The van der Waals surface area contributed by atoms with E-state index in [-0.39, 0.29) is 23.8 Å². The second-order valence-corrected chi connectivity index (χ2v) is 19.1. The average molecular weight is 645 g/mol. The molecule has 5 atom stereocenters. The predicted molar refractivity (Wildman–Crippen MR) is 186 cm³/mol. The van der Waals surface area contributed by atoms with Crippen LogP contribution >= 0.6 is 0 Å². The molecule has 0 fully saturated rings. The minimum Gasteiger partial charge on any atom is -0.417 e. The van der Waals surface area contributed by atoms with Gasteiger partial charge in [0.05, 0.1) is 18.2 Å². The molecule has 1 aliphatic rings. The Hall–Kier alpha value is -3.14. The lowest BCUT2D eigenvalue weighted by atomic mass is 9.88.